The quantitative estimate of drug-likeness (QED) is 0.300. The van der Waals surface area contributed by atoms with E-state index < -0.39 is 41.7 Å². The Morgan fingerprint density at radius 2 is 1.83 bits per heavy atom. The van der Waals surface area contributed by atoms with Crippen molar-refractivity contribution in [1.82, 2.24) is 21.3 Å². The summed E-state index contributed by atoms with van der Waals surface area (Å²) in [4.78, 5) is 60.6. The Balaban J connectivity index is 2.10. The molecule has 2 aliphatic rings. The second kappa shape index (κ2) is 10.2. The molecule has 1 saturated heterocycles. The summed E-state index contributed by atoms with van der Waals surface area (Å²) in [5, 5.41) is 19.0. The Hall–Kier alpha value is -2.65. The van der Waals surface area contributed by atoms with Crippen molar-refractivity contribution in [3.05, 3.63) is 0 Å². The molecule has 1 aliphatic heterocycles. The van der Waals surface area contributed by atoms with Crippen LogP contribution >= 0.6 is 0 Å². The lowest BCUT2D eigenvalue weighted by atomic mass is 9.94. The van der Waals surface area contributed by atoms with Crippen LogP contribution in [0.5, 0.6) is 0 Å². The summed E-state index contributed by atoms with van der Waals surface area (Å²) in [7, 11) is 0. The van der Waals surface area contributed by atoms with Gasteiger partial charge in [-0.25, -0.2) is 4.79 Å². The minimum Gasteiger partial charge on any atom is -0.465 e. The maximum atomic E-state index is 12.7. The van der Waals surface area contributed by atoms with E-state index in [0.29, 0.717) is 13.0 Å². The van der Waals surface area contributed by atoms with Crippen LogP contribution in [-0.4, -0.2) is 59.4 Å². The smallest absolute Gasteiger partial charge is 0.405 e. The summed E-state index contributed by atoms with van der Waals surface area (Å²) in [6, 6.07) is -2.27. The summed E-state index contributed by atoms with van der Waals surface area (Å²) in [6.45, 7) is 4.29. The van der Waals surface area contributed by atoms with Crippen molar-refractivity contribution in [2.75, 3.05) is 6.54 Å². The SMILES string of the molecule is CCC(C)C[C@H](NC(=O)O)C(=O)N[C@@H](C[C@@H]1CCNC1=O)C(=O)C(=O)NC1CC1. The first-order valence-corrected chi connectivity index (χ1v) is 10.1. The fourth-order valence-electron chi connectivity index (χ4n) is 3.25. The fourth-order valence-corrected chi connectivity index (χ4v) is 3.25. The molecule has 4 atom stereocenters. The zero-order chi connectivity index (χ0) is 21.6. The van der Waals surface area contributed by atoms with Gasteiger partial charge in [0.05, 0.1) is 6.04 Å². The third-order valence-corrected chi connectivity index (χ3v) is 5.40. The number of rotatable bonds is 11. The van der Waals surface area contributed by atoms with Crippen LogP contribution in [0.3, 0.4) is 0 Å². The van der Waals surface area contributed by atoms with Crippen molar-refractivity contribution < 1.29 is 29.1 Å². The maximum Gasteiger partial charge on any atom is 0.405 e. The number of amides is 4. The molecule has 1 aliphatic carbocycles. The van der Waals surface area contributed by atoms with Crippen LogP contribution in [0.1, 0.15) is 52.4 Å². The molecule has 10 heteroatoms. The van der Waals surface area contributed by atoms with E-state index in [1.54, 1.807) is 0 Å². The lowest BCUT2D eigenvalue weighted by Crippen LogP contribution is -2.54. The molecule has 0 aromatic rings. The minimum absolute atomic E-state index is 0.00236. The lowest BCUT2D eigenvalue weighted by molar-refractivity contribution is -0.141. The molecule has 0 spiro atoms. The molecular weight excluding hydrogens is 380 g/mol. The van der Waals surface area contributed by atoms with Gasteiger partial charge in [-0.2, -0.15) is 0 Å². The van der Waals surface area contributed by atoms with E-state index in [1.807, 2.05) is 13.8 Å². The van der Waals surface area contributed by atoms with Crippen molar-refractivity contribution in [2.45, 2.75) is 70.5 Å². The predicted octanol–water partition coefficient (Wildman–Crippen LogP) is -0.0825. The highest BCUT2D eigenvalue weighted by molar-refractivity contribution is 6.38. The lowest BCUT2D eigenvalue weighted by Gasteiger charge is -2.24. The number of hydrogen-bond donors (Lipinski definition) is 5. The molecule has 1 unspecified atom stereocenters. The zero-order valence-electron chi connectivity index (χ0n) is 16.8. The second-order valence-electron chi connectivity index (χ2n) is 7.94. The second-order valence-corrected chi connectivity index (χ2v) is 7.94. The van der Waals surface area contributed by atoms with Gasteiger partial charge in [0, 0.05) is 18.5 Å². The Labute approximate surface area is 169 Å². The number of carbonyl (C=O) groups is 5. The van der Waals surface area contributed by atoms with E-state index in [0.717, 1.165) is 19.3 Å². The molecule has 10 nitrogen and oxygen atoms in total. The summed E-state index contributed by atoms with van der Waals surface area (Å²) < 4.78 is 0. The number of nitrogens with one attached hydrogen (secondary N) is 4. The molecule has 4 amide bonds. The molecule has 5 N–H and O–H groups in total. The first kappa shape index (κ1) is 22.6. The number of Topliss-reactive ketones (excluding diaryl/α,β-unsaturated/α-hetero) is 1. The first-order chi connectivity index (χ1) is 13.7. The molecule has 29 heavy (non-hydrogen) atoms. The van der Waals surface area contributed by atoms with Gasteiger partial charge in [0.25, 0.3) is 5.91 Å². The van der Waals surface area contributed by atoms with E-state index in [1.165, 1.54) is 0 Å². The van der Waals surface area contributed by atoms with Gasteiger partial charge in [0.2, 0.25) is 17.6 Å². The highest BCUT2D eigenvalue weighted by atomic mass is 16.4. The van der Waals surface area contributed by atoms with Crippen molar-refractivity contribution in [2.24, 2.45) is 11.8 Å². The van der Waals surface area contributed by atoms with Crippen LogP contribution in [0.4, 0.5) is 4.79 Å². The van der Waals surface area contributed by atoms with Gasteiger partial charge in [0.15, 0.2) is 0 Å². The van der Waals surface area contributed by atoms with Crippen molar-refractivity contribution in [3.63, 3.8) is 0 Å². The van der Waals surface area contributed by atoms with Crippen molar-refractivity contribution >= 4 is 29.6 Å². The van der Waals surface area contributed by atoms with Gasteiger partial charge in [0.1, 0.15) is 6.04 Å². The van der Waals surface area contributed by atoms with Crippen LogP contribution in [0, 0.1) is 11.8 Å². The highest BCUT2D eigenvalue weighted by Gasteiger charge is 2.37. The van der Waals surface area contributed by atoms with E-state index in [4.69, 9.17) is 5.11 Å². The molecule has 0 radical (unpaired) electrons. The maximum absolute atomic E-state index is 12.7. The van der Waals surface area contributed by atoms with E-state index in [2.05, 4.69) is 21.3 Å². The molecule has 0 aromatic carbocycles. The van der Waals surface area contributed by atoms with Gasteiger partial charge in [-0.1, -0.05) is 20.3 Å². The topological polar surface area (TPSA) is 154 Å². The van der Waals surface area contributed by atoms with E-state index in [-0.39, 0.29) is 30.7 Å². The van der Waals surface area contributed by atoms with Gasteiger partial charge in [-0.15, -0.1) is 0 Å². The summed E-state index contributed by atoms with van der Waals surface area (Å²) in [5.41, 5.74) is 0. The fraction of sp³-hybridized carbons (Fsp3) is 0.737. The number of carboxylic acid groups (broad SMARTS) is 1. The van der Waals surface area contributed by atoms with Crippen molar-refractivity contribution in [1.29, 1.82) is 0 Å². The van der Waals surface area contributed by atoms with Crippen LogP contribution in [0.25, 0.3) is 0 Å². The van der Waals surface area contributed by atoms with Crippen molar-refractivity contribution in [3.8, 4) is 0 Å². The van der Waals surface area contributed by atoms with Gasteiger partial charge in [-0.05, 0) is 38.0 Å². The predicted molar refractivity (Wildman–Crippen MR) is 103 cm³/mol. The normalized spacial score (nSPS) is 21.4. The molecule has 0 bridgehead atoms. The van der Waals surface area contributed by atoms with Crippen LogP contribution < -0.4 is 21.3 Å². The number of ketones is 1. The summed E-state index contributed by atoms with van der Waals surface area (Å²) >= 11 is 0. The monoisotopic (exact) mass is 410 g/mol. The molecule has 0 aromatic heterocycles. The molecule has 162 valence electrons. The van der Waals surface area contributed by atoms with E-state index in [9.17, 15) is 24.0 Å². The first-order valence-electron chi connectivity index (χ1n) is 10.1. The van der Waals surface area contributed by atoms with Gasteiger partial charge < -0.3 is 26.4 Å². The average Bonchev–Trinajstić information content (AvgIpc) is 3.39. The van der Waals surface area contributed by atoms with Crippen LogP contribution in [0.15, 0.2) is 0 Å². The Morgan fingerprint density at radius 3 is 2.34 bits per heavy atom. The highest BCUT2D eigenvalue weighted by Crippen LogP contribution is 2.20. The zero-order valence-corrected chi connectivity index (χ0v) is 16.8. The molecule has 1 saturated carbocycles. The number of carbonyl (C=O) groups excluding carboxylic acids is 4. The Morgan fingerprint density at radius 1 is 1.14 bits per heavy atom. The van der Waals surface area contributed by atoms with Gasteiger partial charge >= 0.3 is 6.09 Å². The third kappa shape index (κ3) is 7.03. The third-order valence-electron chi connectivity index (χ3n) is 5.40. The Bertz CT molecular complexity index is 663. The largest absolute Gasteiger partial charge is 0.465 e. The summed E-state index contributed by atoms with van der Waals surface area (Å²) in [6.07, 6.45) is 1.77. The minimum atomic E-state index is -1.35. The van der Waals surface area contributed by atoms with Crippen LogP contribution in [0.2, 0.25) is 0 Å². The van der Waals surface area contributed by atoms with Crippen LogP contribution in [-0.2, 0) is 19.2 Å². The number of hydrogen-bond acceptors (Lipinski definition) is 5. The molecule has 1 heterocycles. The average molecular weight is 410 g/mol. The Kier molecular flexibility index (Phi) is 7.98. The van der Waals surface area contributed by atoms with Gasteiger partial charge in [-0.3, -0.25) is 19.2 Å². The standard InChI is InChI=1S/C19H30N4O6/c1-3-10(2)8-14(23-19(28)29)17(26)22-13(9-11-6-7-20-16(11)25)15(24)18(27)21-12-4-5-12/h10-14,23H,3-9H2,1-2H3,(H,20,25)(H,21,27)(H,22,26)(H,28,29)/t10?,11-,13-,14-/m0/s1. The molecule has 2 rings (SSSR count). The van der Waals surface area contributed by atoms with E-state index >= 15 is 0 Å². The molecule has 2 fully saturated rings. The summed E-state index contributed by atoms with van der Waals surface area (Å²) in [5.74, 6) is -2.92. The molecular formula is C19H30N4O6.